The van der Waals surface area contributed by atoms with Crippen molar-refractivity contribution >= 4 is 5.97 Å². The van der Waals surface area contributed by atoms with Gasteiger partial charge in [-0.3, -0.25) is 0 Å². The van der Waals surface area contributed by atoms with Gasteiger partial charge in [0.1, 0.15) is 0 Å². The van der Waals surface area contributed by atoms with Gasteiger partial charge < -0.3 is 9.84 Å². The standard InChI is InChI=1S/C14H24O3/c1-13(2)6-4-10(5-7-13)14(8-9-14)11(17-3)12(15)16/h10-11H,4-9H2,1-3H3,(H,15,16). The molecule has 3 nitrogen and oxygen atoms in total. The van der Waals surface area contributed by atoms with Crippen LogP contribution in [0.25, 0.3) is 0 Å². The van der Waals surface area contributed by atoms with Gasteiger partial charge in [-0.1, -0.05) is 13.8 Å². The lowest BCUT2D eigenvalue weighted by atomic mass is 9.67. The van der Waals surface area contributed by atoms with E-state index in [0.29, 0.717) is 11.3 Å². The molecule has 1 atom stereocenters. The van der Waals surface area contributed by atoms with E-state index in [1.807, 2.05) is 0 Å². The van der Waals surface area contributed by atoms with Gasteiger partial charge in [0.2, 0.25) is 0 Å². The number of rotatable bonds is 4. The second-order valence-corrected chi connectivity index (χ2v) is 6.63. The molecule has 0 heterocycles. The number of aliphatic carboxylic acids is 1. The molecule has 0 aromatic carbocycles. The van der Waals surface area contributed by atoms with Crippen LogP contribution in [0.2, 0.25) is 0 Å². The van der Waals surface area contributed by atoms with Gasteiger partial charge in [0, 0.05) is 12.5 Å². The first-order chi connectivity index (χ1) is 7.91. The summed E-state index contributed by atoms with van der Waals surface area (Å²) in [5.41, 5.74) is 0.398. The van der Waals surface area contributed by atoms with Crippen molar-refractivity contribution in [1.29, 1.82) is 0 Å². The van der Waals surface area contributed by atoms with Crippen molar-refractivity contribution in [2.24, 2.45) is 16.7 Å². The van der Waals surface area contributed by atoms with Crippen molar-refractivity contribution in [2.75, 3.05) is 7.11 Å². The maximum Gasteiger partial charge on any atom is 0.333 e. The van der Waals surface area contributed by atoms with Crippen molar-refractivity contribution in [3.05, 3.63) is 0 Å². The molecular weight excluding hydrogens is 216 g/mol. The zero-order chi connectivity index (χ0) is 12.7. The van der Waals surface area contributed by atoms with Crippen LogP contribution < -0.4 is 0 Å². The molecule has 0 radical (unpaired) electrons. The first-order valence-electron chi connectivity index (χ1n) is 6.67. The molecule has 0 aromatic rings. The summed E-state index contributed by atoms with van der Waals surface area (Å²) < 4.78 is 5.24. The Labute approximate surface area is 104 Å². The van der Waals surface area contributed by atoms with Crippen LogP contribution in [-0.4, -0.2) is 24.3 Å². The van der Waals surface area contributed by atoms with Crippen LogP contribution in [0.5, 0.6) is 0 Å². The van der Waals surface area contributed by atoms with E-state index >= 15 is 0 Å². The Balaban J connectivity index is 2.05. The highest BCUT2D eigenvalue weighted by atomic mass is 16.5. The maximum atomic E-state index is 11.3. The van der Waals surface area contributed by atoms with Crippen molar-refractivity contribution in [2.45, 2.75) is 58.5 Å². The number of carbonyl (C=O) groups is 1. The third kappa shape index (κ3) is 2.35. The lowest BCUT2D eigenvalue weighted by Crippen LogP contribution is -2.40. The lowest BCUT2D eigenvalue weighted by Gasteiger charge is -2.39. The molecule has 0 aliphatic heterocycles. The average molecular weight is 240 g/mol. The van der Waals surface area contributed by atoms with Crippen LogP contribution in [0.3, 0.4) is 0 Å². The van der Waals surface area contributed by atoms with Gasteiger partial charge in [0.05, 0.1) is 0 Å². The molecule has 2 aliphatic carbocycles. The number of hydrogen-bond acceptors (Lipinski definition) is 2. The molecule has 0 saturated heterocycles. The van der Waals surface area contributed by atoms with Gasteiger partial charge in [-0.2, -0.15) is 0 Å². The molecule has 2 rings (SSSR count). The molecule has 0 amide bonds. The molecule has 98 valence electrons. The highest BCUT2D eigenvalue weighted by Gasteiger charge is 2.58. The first kappa shape index (κ1) is 12.9. The molecule has 0 bridgehead atoms. The summed E-state index contributed by atoms with van der Waals surface area (Å²) in [6.45, 7) is 4.63. The largest absolute Gasteiger partial charge is 0.479 e. The summed E-state index contributed by atoms with van der Waals surface area (Å²) in [4.78, 5) is 11.3. The molecular formula is C14H24O3. The Morgan fingerprint density at radius 2 is 1.76 bits per heavy atom. The van der Waals surface area contributed by atoms with E-state index in [1.165, 1.54) is 32.8 Å². The number of carboxylic acid groups (broad SMARTS) is 1. The minimum atomic E-state index is -0.783. The van der Waals surface area contributed by atoms with Gasteiger partial charge in [0.15, 0.2) is 6.10 Å². The fourth-order valence-corrected chi connectivity index (χ4v) is 3.58. The number of methoxy groups -OCH3 is 1. The highest BCUT2D eigenvalue weighted by molar-refractivity contribution is 5.74. The Kier molecular flexibility index (Phi) is 3.23. The minimum Gasteiger partial charge on any atom is -0.479 e. The SMILES string of the molecule is COC(C(=O)O)C1(C2CCC(C)(C)CC2)CC1. The maximum absolute atomic E-state index is 11.3. The van der Waals surface area contributed by atoms with Crippen LogP contribution in [0.1, 0.15) is 52.4 Å². The van der Waals surface area contributed by atoms with E-state index in [4.69, 9.17) is 4.74 Å². The van der Waals surface area contributed by atoms with E-state index < -0.39 is 12.1 Å². The third-order valence-electron chi connectivity index (χ3n) is 4.96. The van der Waals surface area contributed by atoms with Gasteiger partial charge >= 0.3 is 5.97 Å². The van der Waals surface area contributed by atoms with Crippen LogP contribution >= 0.6 is 0 Å². The minimum absolute atomic E-state index is 0.0446. The van der Waals surface area contributed by atoms with Crippen LogP contribution in [0.4, 0.5) is 0 Å². The molecule has 2 fully saturated rings. The zero-order valence-electron chi connectivity index (χ0n) is 11.2. The number of carboxylic acids is 1. The molecule has 17 heavy (non-hydrogen) atoms. The van der Waals surface area contributed by atoms with E-state index in [9.17, 15) is 9.90 Å². The van der Waals surface area contributed by atoms with Gasteiger partial charge in [0.25, 0.3) is 0 Å². The van der Waals surface area contributed by atoms with Gasteiger partial charge in [-0.05, 0) is 49.9 Å². The average Bonchev–Trinajstić information content (AvgIpc) is 2.99. The molecule has 1 N–H and O–H groups in total. The summed E-state index contributed by atoms with van der Waals surface area (Å²) >= 11 is 0. The lowest BCUT2D eigenvalue weighted by molar-refractivity contribution is -0.155. The Morgan fingerprint density at radius 3 is 2.12 bits per heavy atom. The summed E-state index contributed by atoms with van der Waals surface area (Å²) in [6.07, 6.45) is 6.24. The second kappa shape index (κ2) is 4.27. The van der Waals surface area contributed by atoms with Gasteiger partial charge in [-0.25, -0.2) is 4.79 Å². The molecule has 0 spiro atoms. The second-order valence-electron chi connectivity index (χ2n) is 6.63. The summed E-state index contributed by atoms with van der Waals surface area (Å²) in [5, 5.41) is 9.26. The summed E-state index contributed by atoms with van der Waals surface area (Å²) in [6, 6.07) is 0. The normalized spacial score (nSPS) is 28.6. The quantitative estimate of drug-likeness (QED) is 0.821. The van der Waals surface area contributed by atoms with Crippen LogP contribution in [0, 0.1) is 16.7 Å². The van der Waals surface area contributed by atoms with Crippen molar-refractivity contribution in [1.82, 2.24) is 0 Å². The molecule has 2 aliphatic rings. The third-order valence-corrected chi connectivity index (χ3v) is 4.96. The van der Waals surface area contributed by atoms with E-state index in [-0.39, 0.29) is 5.41 Å². The van der Waals surface area contributed by atoms with Crippen LogP contribution in [0.15, 0.2) is 0 Å². The van der Waals surface area contributed by atoms with Gasteiger partial charge in [-0.15, -0.1) is 0 Å². The van der Waals surface area contributed by atoms with E-state index in [2.05, 4.69) is 13.8 Å². The monoisotopic (exact) mass is 240 g/mol. The molecule has 1 unspecified atom stereocenters. The Morgan fingerprint density at radius 1 is 1.24 bits per heavy atom. The fraction of sp³-hybridized carbons (Fsp3) is 0.929. The summed E-state index contributed by atoms with van der Waals surface area (Å²) in [5.74, 6) is -0.230. The van der Waals surface area contributed by atoms with E-state index in [0.717, 1.165) is 12.8 Å². The van der Waals surface area contributed by atoms with Crippen molar-refractivity contribution < 1.29 is 14.6 Å². The predicted octanol–water partition coefficient (Wildman–Crippen LogP) is 3.08. The van der Waals surface area contributed by atoms with Crippen molar-refractivity contribution in [3.63, 3.8) is 0 Å². The zero-order valence-corrected chi connectivity index (χ0v) is 11.2. The molecule has 3 heteroatoms. The summed E-state index contributed by atoms with van der Waals surface area (Å²) in [7, 11) is 1.53. The Hall–Kier alpha value is -0.570. The van der Waals surface area contributed by atoms with E-state index in [1.54, 1.807) is 0 Å². The smallest absolute Gasteiger partial charge is 0.333 e. The van der Waals surface area contributed by atoms with Crippen LogP contribution in [-0.2, 0) is 9.53 Å². The number of ether oxygens (including phenoxy) is 1. The topological polar surface area (TPSA) is 46.5 Å². The fourth-order valence-electron chi connectivity index (χ4n) is 3.58. The Bertz CT molecular complexity index is 295. The molecule has 0 aromatic heterocycles. The molecule has 2 saturated carbocycles. The number of hydrogen-bond donors (Lipinski definition) is 1. The first-order valence-corrected chi connectivity index (χ1v) is 6.67. The van der Waals surface area contributed by atoms with Crippen molar-refractivity contribution in [3.8, 4) is 0 Å². The predicted molar refractivity (Wildman–Crippen MR) is 65.8 cm³/mol. The highest BCUT2D eigenvalue weighted by Crippen LogP contribution is 2.60.